The average Bonchev–Trinajstić information content (AvgIpc) is 3.56. The molecule has 0 spiro atoms. The molecule has 0 radical (unpaired) electrons. The maximum Gasteiger partial charge on any atom is 0.268 e. The van der Waals surface area contributed by atoms with E-state index >= 15 is 0 Å². The monoisotopic (exact) mass is 537 g/mol. The van der Waals surface area contributed by atoms with Gasteiger partial charge in [0.25, 0.3) is 5.91 Å². The highest BCUT2D eigenvalue weighted by molar-refractivity contribution is 7.17. The van der Waals surface area contributed by atoms with E-state index in [-0.39, 0.29) is 31.2 Å². The van der Waals surface area contributed by atoms with E-state index in [4.69, 9.17) is 5.73 Å². The van der Waals surface area contributed by atoms with Crippen LogP contribution in [0.3, 0.4) is 0 Å². The van der Waals surface area contributed by atoms with E-state index in [0.29, 0.717) is 27.6 Å². The lowest BCUT2D eigenvalue weighted by molar-refractivity contribution is -0.118. The van der Waals surface area contributed by atoms with Crippen LogP contribution < -0.4 is 16.4 Å². The van der Waals surface area contributed by atoms with E-state index in [9.17, 15) is 14.4 Å². The largest absolute Gasteiger partial charge is 0.378 e. The Balaban J connectivity index is 1.36. The number of primary amides is 1. The molecule has 39 heavy (non-hydrogen) atoms. The first-order chi connectivity index (χ1) is 18.9. The number of aryl methyl sites for hydroxylation is 2. The molecule has 0 atom stereocenters. The third-order valence-corrected chi connectivity index (χ3v) is 7.40. The van der Waals surface area contributed by atoms with Gasteiger partial charge in [-0.1, -0.05) is 60.2 Å². The number of nitrogens with zero attached hydrogens (tertiary/aromatic N) is 2. The van der Waals surface area contributed by atoms with E-state index in [2.05, 4.69) is 15.6 Å². The van der Waals surface area contributed by atoms with Crippen LogP contribution in [0.4, 0.5) is 11.6 Å². The summed E-state index contributed by atoms with van der Waals surface area (Å²) in [5.74, 6) is -0.454. The van der Waals surface area contributed by atoms with Crippen molar-refractivity contribution in [2.45, 2.75) is 19.9 Å². The standard InChI is InChI=1S/C30H27N5O3S/c1-19-7-9-21(10-8-19)26-13-14-27(39-26)29(38)34-30-33-23-17-22(11-12-24(23)35(30)16-15-28(31)37)32-18-25(36)20-5-3-2-4-6-20/h2-14,17,32H,15-16,18H2,1H3,(H2,31,37)(H,33,34,38). The zero-order valence-corrected chi connectivity index (χ0v) is 22.1. The number of nitrogens with two attached hydrogens (primary N) is 1. The molecule has 3 aromatic carbocycles. The number of carbonyl (C=O) groups excluding carboxylic acids is 3. The van der Waals surface area contributed by atoms with Gasteiger partial charge in [0.2, 0.25) is 11.9 Å². The molecule has 0 saturated heterocycles. The first kappa shape index (κ1) is 25.9. The van der Waals surface area contributed by atoms with Gasteiger partial charge in [0.05, 0.1) is 22.5 Å². The highest BCUT2D eigenvalue weighted by atomic mass is 32.1. The number of thiophene rings is 1. The number of amides is 2. The van der Waals surface area contributed by atoms with Gasteiger partial charge in [-0.25, -0.2) is 4.98 Å². The summed E-state index contributed by atoms with van der Waals surface area (Å²) in [4.78, 5) is 43.3. The predicted octanol–water partition coefficient (Wildman–Crippen LogP) is 5.50. The van der Waals surface area contributed by atoms with Gasteiger partial charge >= 0.3 is 0 Å². The van der Waals surface area contributed by atoms with Gasteiger partial charge in [-0.05, 0) is 42.8 Å². The van der Waals surface area contributed by atoms with Crippen LogP contribution in [0.25, 0.3) is 21.5 Å². The lowest BCUT2D eigenvalue weighted by Crippen LogP contribution is -2.18. The summed E-state index contributed by atoms with van der Waals surface area (Å²) < 4.78 is 1.77. The van der Waals surface area contributed by atoms with Crippen molar-refractivity contribution in [1.29, 1.82) is 0 Å². The second-order valence-corrected chi connectivity index (χ2v) is 10.2. The lowest BCUT2D eigenvalue weighted by Gasteiger charge is -2.09. The van der Waals surface area contributed by atoms with Crippen molar-refractivity contribution in [2.75, 3.05) is 17.2 Å². The fourth-order valence-electron chi connectivity index (χ4n) is 4.19. The van der Waals surface area contributed by atoms with Gasteiger partial charge in [0.15, 0.2) is 5.78 Å². The van der Waals surface area contributed by atoms with Crippen molar-refractivity contribution in [3.63, 3.8) is 0 Å². The molecule has 4 N–H and O–H groups in total. The lowest BCUT2D eigenvalue weighted by atomic mass is 10.1. The number of benzene rings is 3. The van der Waals surface area contributed by atoms with Crippen LogP contribution in [-0.2, 0) is 11.3 Å². The first-order valence-corrected chi connectivity index (χ1v) is 13.3. The maximum atomic E-state index is 13.2. The third kappa shape index (κ3) is 6.05. The van der Waals surface area contributed by atoms with Crippen molar-refractivity contribution in [2.24, 2.45) is 5.73 Å². The molecule has 0 aliphatic rings. The molecule has 0 aliphatic heterocycles. The Morgan fingerprint density at radius 1 is 0.949 bits per heavy atom. The van der Waals surface area contributed by atoms with Gasteiger partial charge in [0.1, 0.15) is 0 Å². The summed E-state index contributed by atoms with van der Waals surface area (Å²) in [5.41, 5.74) is 10.3. The molecule has 2 aromatic heterocycles. The van der Waals surface area contributed by atoms with E-state index in [0.717, 1.165) is 16.0 Å². The molecular weight excluding hydrogens is 510 g/mol. The fraction of sp³-hybridized carbons (Fsp3) is 0.133. The minimum atomic E-state index is -0.451. The molecule has 8 nitrogen and oxygen atoms in total. The second-order valence-electron chi connectivity index (χ2n) is 9.13. The topological polar surface area (TPSA) is 119 Å². The average molecular weight is 538 g/mol. The molecule has 9 heteroatoms. The normalized spacial score (nSPS) is 10.9. The van der Waals surface area contributed by atoms with E-state index in [1.807, 2.05) is 73.7 Å². The van der Waals surface area contributed by atoms with Crippen LogP contribution in [0.15, 0.2) is 84.9 Å². The number of carbonyl (C=O) groups is 3. The number of hydrogen-bond donors (Lipinski definition) is 3. The maximum absolute atomic E-state index is 13.2. The van der Waals surface area contributed by atoms with Crippen LogP contribution >= 0.6 is 11.3 Å². The van der Waals surface area contributed by atoms with Crippen LogP contribution in [0.1, 0.15) is 32.0 Å². The number of nitrogens with one attached hydrogen (secondary N) is 2. The van der Waals surface area contributed by atoms with Gasteiger partial charge < -0.3 is 15.6 Å². The Morgan fingerprint density at radius 2 is 1.72 bits per heavy atom. The van der Waals surface area contributed by atoms with Crippen molar-refractivity contribution in [1.82, 2.24) is 9.55 Å². The Hall–Kier alpha value is -4.76. The van der Waals surface area contributed by atoms with Crippen LogP contribution in [-0.4, -0.2) is 33.7 Å². The SMILES string of the molecule is Cc1ccc(-c2ccc(C(=O)Nc3nc4cc(NCC(=O)c5ccccc5)ccc4n3CCC(N)=O)s2)cc1. The highest BCUT2D eigenvalue weighted by Crippen LogP contribution is 2.30. The summed E-state index contributed by atoms with van der Waals surface area (Å²) >= 11 is 1.39. The van der Waals surface area contributed by atoms with Crippen LogP contribution in [0.5, 0.6) is 0 Å². The number of Topliss-reactive ketones (excluding diaryl/α,β-unsaturated/α-hetero) is 1. The van der Waals surface area contributed by atoms with Crippen LogP contribution in [0.2, 0.25) is 0 Å². The summed E-state index contributed by atoms with van der Waals surface area (Å²) in [6.45, 7) is 2.42. The molecule has 0 fully saturated rings. The minimum absolute atomic E-state index is 0.0309. The summed E-state index contributed by atoms with van der Waals surface area (Å²) in [7, 11) is 0. The molecule has 0 bridgehead atoms. The zero-order chi connectivity index (χ0) is 27.4. The number of aromatic nitrogens is 2. The molecule has 2 heterocycles. The van der Waals surface area contributed by atoms with E-state index < -0.39 is 5.91 Å². The molecule has 2 amide bonds. The summed E-state index contributed by atoms with van der Waals surface area (Å²) in [6.07, 6.45) is 0.0937. The van der Waals surface area contributed by atoms with Crippen molar-refractivity contribution < 1.29 is 14.4 Å². The number of fused-ring (bicyclic) bond motifs is 1. The number of imidazole rings is 1. The fourth-order valence-corrected chi connectivity index (χ4v) is 5.09. The van der Waals surface area contributed by atoms with Crippen molar-refractivity contribution in [3.05, 3.63) is 101 Å². The highest BCUT2D eigenvalue weighted by Gasteiger charge is 2.17. The Morgan fingerprint density at radius 3 is 2.46 bits per heavy atom. The third-order valence-electron chi connectivity index (χ3n) is 6.27. The molecule has 0 saturated carbocycles. The summed E-state index contributed by atoms with van der Waals surface area (Å²) in [6, 6.07) is 26.4. The van der Waals surface area contributed by atoms with Gasteiger partial charge in [-0.2, -0.15) is 0 Å². The molecule has 0 aliphatic carbocycles. The van der Waals surface area contributed by atoms with Gasteiger partial charge in [-0.15, -0.1) is 11.3 Å². The van der Waals surface area contributed by atoms with Gasteiger partial charge in [0, 0.05) is 29.1 Å². The smallest absolute Gasteiger partial charge is 0.268 e. The summed E-state index contributed by atoms with van der Waals surface area (Å²) in [5, 5.41) is 6.05. The Kier molecular flexibility index (Phi) is 7.51. The molecule has 5 rings (SSSR count). The van der Waals surface area contributed by atoms with E-state index in [1.165, 1.54) is 16.9 Å². The van der Waals surface area contributed by atoms with Gasteiger partial charge in [-0.3, -0.25) is 19.7 Å². The Bertz CT molecular complexity index is 1660. The second kappa shape index (κ2) is 11.3. The minimum Gasteiger partial charge on any atom is -0.378 e. The number of rotatable bonds is 10. The quantitative estimate of drug-likeness (QED) is 0.203. The van der Waals surface area contributed by atoms with E-state index in [1.54, 1.807) is 22.8 Å². The molecule has 196 valence electrons. The number of anilines is 2. The zero-order valence-electron chi connectivity index (χ0n) is 21.3. The molecule has 5 aromatic rings. The predicted molar refractivity (Wildman–Crippen MR) is 155 cm³/mol. The Labute approximate surface area is 229 Å². The number of ketones is 1. The molecular formula is C30H27N5O3S. The van der Waals surface area contributed by atoms with Crippen molar-refractivity contribution >= 4 is 51.6 Å². The van der Waals surface area contributed by atoms with Crippen LogP contribution in [0, 0.1) is 6.92 Å². The first-order valence-electron chi connectivity index (χ1n) is 12.5. The van der Waals surface area contributed by atoms with Crippen molar-refractivity contribution in [3.8, 4) is 10.4 Å². The number of hydrogen-bond acceptors (Lipinski definition) is 6. The molecule has 0 unspecified atom stereocenters.